The normalized spacial score (nSPS) is 15.6. The fraction of sp³-hybridized carbons (Fsp3) is 0.200. The third-order valence-electron chi connectivity index (χ3n) is 3.68. The number of amides is 1. The summed E-state index contributed by atoms with van der Waals surface area (Å²) in [4.78, 5) is 18.9. The van der Waals surface area contributed by atoms with Gasteiger partial charge in [0.2, 0.25) is 0 Å². The van der Waals surface area contributed by atoms with Crippen molar-refractivity contribution in [2.24, 2.45) is 4.99 Å². The van der Waals surface area contributed by atoms with Crippen molar-refractivity contribution in [3.8, 4) is 0 Å². The number of aliphatic imine (C=N–C) groups is 1. The zero-order valence-corrected chi connectivity index (χ0v) is 15.2. The molecular formula is C20H19FN2O2S. The van der Waals surface area contributed by atoms with Gasteiger partial charge < -0.3 is 4.74 Å². The van der Waals surface area contributed by atoms with Crippen LogP contribution in [-0.4, -0.2) is 30.0 Å². The summed E-state index contributed by atoms with van der Waals surface area (Å²) < 4.78 is 18.6. The van der Waals surface area contributed by atoms with E-state index in [1.165, 1.54) is 28.8 Å². The molecule has 1 heterocycles. The van der Waals surface area contributed by atoms with Gasteiger partial charge in [-0.1, -0.05) is 42.1 Å². The van der Waals surface area contributed by atoms with Gasteiger partial charge in [0.05, 0.1) is 12.3 Å². The molecular weight excluding hydrogens is 351 g/mol. The van der Waals surface area contributed by atoms with Crippen LogP contribution in [0.5, 0.6) is 0 Å². The van der Waals surface area contributed by atoms with Gasteiger partial charge in [0.25, 0.3) is 5.91 Å². The average Bonchev–Trinajstić information content (AvgIpc) is 2.96. The largest absolute Gasteiger partial charge is 0.381 e. The van der Waals surface area contributed by atoms with Crippen LogP contribution in [0.4, 0.5) is 10.1 Å². The molecule has 2 aromatic rings. The number of hydrogen-bond acceptors (Lipinski definition) is 4. The van der Waals surface area contributed by atoms with E-state index in [9.17, 15) is 9.18 Å². The Morgan fingerprint density at radius 2 is 1.88 bits per heavy atom. The smallest absolute Gasteiger partial charge is 0.283 e. The predicted octanol–water partition coefficient (Wildman–Crippen LogP) is 4.34. The minimum atomic E-state index is -0.345. The number of anilines is 1. The molecule has 0 radical (unpaired) electrons. The Balaban J connectivity index is 1.88. The second kappa shape index (κ2) is 8.78. The first-order valence-electron chi connectivity index (χ1n) is 8.35. The molecule has 0 aromatic heterocycles. The van der Waals surface area contributed by atoms with E-state index in [1.807, 2.05) is 37.3 Å². The molecule has 0 spiro atoms. The number of carbonyl (C=O) groups is 1. The highest BCUT2D eigenvalue weighted by Crippen LogP contribution is 2.29. The molecule has 1 aliphatic heterocycles. The van der Waals surface area contributed by atoms with Gasteiger partial charge in [-0.25, -0.2) is 9.38 Å². The lowest BCUT2D eigenvalue weighted by Gasteiger charge is -2.17. The summed E-state index contributed by atoms with van der Waals surface area (Å²) in [5, 5.41) is 0.573. The lowest BCUT2D eigenvalue weighted by atomic mass is 10.2. The third-order valence-corrected chi connectivity index (χ3v) is 4.58. The average molecular weight is 370 g/mol. The molecule has 2 aromatic carbocycles. The molecule has 0 saturated heterocycles. The number of halogens is 1. The van der Waals surface area contributed by atoms with Crippen molar-refractivity contribution < 1.29 is 13.9 Å². The second-order valence-corrected chi connectivity index (χ2v) is 6.56. The SMILES string of the molecule is CCOCCSC1=N/C(=C\c2ccccc2)C(=O)N1c1ccc(F)cc1. The zero-order chi connectivity index (χ0) is 18.4. The van der Waals surface area contributed by atoms with Crippen LogP contribution in [0.1, 0.15) is 12.5 Å². The number of amidine groups is 1. The summed E-state index contributed by atoms with van der Waals surface area (Å²) in [6, 6.07) is 15.4. The predicted molar refractivity (Wildman–Crippen MR) is 105 cm³/mol. The molecule has 0 aliphatic carbocycles. The van der Waals surface area contributed by atoms with Crippen molar-refractivity contribution in [2.45, 2.75) is 6.92 Å². The van der Waals surface area contributed by atoms with Gasteiger partial charge in [0.1, 0.15) is 11.5 Å². The summed E-state index contributed by atoms with van der Waals surface area (Å²) in [6.07, 6.45) is 1.76. The molecule has 26 heavy (non-hydrogen) atoms. The molecule has 1 amide bonds. The second-order valence-electron chi connectivity index (χ2n) is 5.50. The minimum Gasteiger partial charge on any atom is -0.381 e. The minimum absolute atomic E-state index is 0.223. The fourth-order valence-corrected chi connectivity index (χ4v) is 3.32. The highest BCUT2D eigenvalue weighted by Gasteiger charge is 2.31. The Labute approximate surface area is 156 Å². The van der Waals surface area contributed by atoms with E-state index < -0.39 is 0 Å². The van der Waals surface area contributed by atoms with Crippen molar-refractivity contribution in [3.63, 3.8) is 0 Å². The molecule has 1 aliphatic rings. The molecule has 0 unspecified atom stereocenters. The maximum atomic E-state index is 13.3. The zero-order valence-electron chi connectivity index (χ0n) is 14.4. The molecule has 0 N–H and O–H groups in total. The monoisotopic (exact) mass is 370 g/mol. The Morgan fingerprint density at radius 3 is 2.58 bits per heavy atom. The van der Waals surface area contributed by atoms with Crippen LogP contribution in [-0.2, 0) is 9.53 Å². The summed E-state index contributed by atoms with van der Waals surface area (Å²) in [5.41, 5.74) is 1.86. The van der Waals surface area contributed by atoms with Crippen LogP contribution in [0.2, 0.25) is 0 Å². The van der Waals surface area contributed by atoms with E-state index in [0.717, 1.165) is 5.56 Å². The standard InChI is InChI=1S/C20H19FN2O2S/c1-2-25-12-13-26-20-22-18(14-15-6-4-3-5-7-15)19(24)23(20)17-10-8-16(21)9-11-17/h3-11,14H,2,12-13H2,1H3/b18-14-. The number of rotatable bonds is 6. The van der Waals surface area contributed by atoms with Crippen molar-refractivity contribution in [1.82, 2.24) is 0 Å². The van der Waals surface area contributed by atoms with Crippen molar-refractivity contribution >= 4 is 34.6 Å². The first kappa shape index (κ1) is 18.4. The van der Waals surface area contributed by atoms with Gasteiger partial charge in [0, 0.05) is 12.4 Å². The Morgan fingerprint density at radius 1 is 1.15 bits per heavy atom. The molecule has 0 atom stereocenters. The molecule has 6 heteroatoms. The Bertz CT molecular complexity index is 819. The molecule has 0 saturated carbocycles. The highest BCUT2D eigenvalue weighted by molar-refractivity contribution is 8.14. The van der Waals surface area contributed by atoms with Gasteiger partial charge in [-0.3, -0.25) is 9.69 Å². The first-order chi connectivity index (χ1) is 12.7. The van der Waals surface area contributed by atoms with Crippen LogP contribution in [0.15, 0.2) is 65.3 Å². The quantitative estimate of drug-likeness (QED) is 0.561. The van der Waals surface area contributed by atoms with E-state index >= 15 is 0 Å². The molecule has 134 valence electrons. The van der Waals surface area contributed by atoms with Gasteiger partial charge in [0.15, 0.2) is 5.17 Å². The van der Waals surface area contributed by atoms with Crippen LogP contribution < -0.4 is 4.90 Å². The fourth-order valence-electron chi connectivity index (χ4n) is 2.45. The van der Waals surface area contributed by atoms with Crippen LogP contribution in [0.25, 0.3) is 6.08 Å². The van der Waals surface area contributed by atoms with E-state index in [4.69, 9.17) is 4.74 Å². The molecule has 0 fully saturated rings. The van der Waals surface area contributed by atoms with Crippen molar-refractivity contribution in [1.29, 1.82) is 0 Å². The number of thioether (sulfide) groups is 1. The maximum Gasteiger partial charge on any atom is 0.283 e. The Kier molecular flexibility index (Phi) is 6.20. The van der Waals surface area contributed by atoms with E-state index in [2.05, 4.69) is 4.99 Å². The number of nitrogens with zero attached hydrogens (tertiary/aromatic N) is 2. The number of ether oxygens (including phenoxy) is 1. The number of carbonyl (C=O) groups excluding carboxylic acids is 1. The van der Waals surface area contributed by atoms with Gasteiger partial charge in [-0.2, -0.15) is 0 Å². The molecule has 0 bridgehead atoms. The first-order valence-corrected chi connectivity index (χ1v) is 9.33. The molecule has 4 nitrogen and oxygen atoms in total. The summed E-state index contributed by atoms with van der Waals surface area (Å²) >= 11 is 1.44. The van der Waals surface area contributed by atoms with Crippen LogP contribution >= 0.6 is 11.8 Å². The lowest BCUT2D eigenvalue weighted by Crippen LogP contribution is -2.30. The van der Waals surface area contributed by atoms with Crippen molar-refractivity contribution in [2.75, 3.05) is 23.9 Å². The van der Waals surface area contributed by atoms with E-state index in [-0.39, 0.29) is 11.7 Å². The highest BCUT2D eigenvalue weighted by atomic mass is 32.2. The van der Waals surface area contributed by atoms with Gasteiger partial charge in [-0.15, -0.1) is 0 Å². The van der Waals surface area contributed by atoms with Crippen molar-refractivity contribution in [3.05, 3.63) is 71.7 Å². The van der Waals surface area contributed by atoms with Crippen LogP contribution in [0, 0.1) is 5.82 Å². The van der Waals surface area contributed by atoms with Gasteiger partial charge in [-0.05, 0) is 42.8 Å². The molecule has 3 rings (SSSR count). The summed E-state index contributed by atoms with van der Waals surface area (Å²) in [5.74, 6) is 0.110. The lowest BCUT2D eigenvalue weighted by molar-refractivity contribution is -0.113. The number of benzene rings is 2. The third kappa shape index (κ3) is 4.39. The van der Waals surface area contributed by atoms with Gasteiger partial charge >= 0.3 is 0 Å². The van der Waals surface area contributed by atoms with Crippen LogP contribution in [0.3, 0.4) is 0 Å². The van der Waals surface area contributed by atoms with E-state index in [0.29, 0.717) is 35.5 Å². The number of hydrogen-bond donors (Lipinski definition) is 0. The summed E-state index contributed by atoms with van der Waals surface area (Å²) in [7, 11) is 0. The topological polar surface area (TPSA) is 41.9 Å². The van der Waals surface area contributed by atoms with E-state index in [1.54, 1.807) is 18.2 Å². The summed E-state index contributed by atoms with van der Waals surface area (Å²) in [6.45, 7) is 3.16. The Hall–Kier alpha value is -2.44. The maximum absolute atomic E-state index is 13.3.